The Labute approximate surface area is 185 Å². The third-order valence-electron chi connectivity index (χ3n) is 6.09. The molecule has 6 nitrogen and oxygen atoms in total. The van der Waals surface area contributed by atoms with Crippen LogP contribution in [0.25, 0.3) is 16.4 Å². The van der Waals surface area contributed by atoms with E-state index in [9.17, 15) is 0 Å². The molecule has 3 aromatic rings. The summed E-state index contributed by atoms with van der Waals surface area (Å²) >= 11 is 1.80. The van der Waals surface area contributed by atoms with Crippen molar-refractivity contribution >= 4 is 39.3 Å². The highest BCUT2D eigenvalue weighted by Gasteiger charge is 2.26. The maximum absolute atomic E-state index is 5.89. The van der Waals surface area contributed by atoms with Gasteiger partial charge >= 0.3 is 0 Å². The second-order valence-electron chi connectivity index (χ2n) is 8.18. The number of ether oxygens (including phenoxy) is 1. The van der Waals surface area contributed by atoms with Gasteiger partial charge in [-0.25, -0.2) is 9.97 Å². The highest BCUT2D eigenvalue weighted by atomic mass is 32.1. The van der Waals surface area contributed by atoms with Crippen LogP contribution in [0.15, 0.2) is 35.6 Å². The van der Waals surface area contributed by atoms with E-state index in [2.05, 4.69) is 39.8 Å². The summed E-state index contributed by atoms with van der Waals surface area (Å²) in [4.78, 5) is 16.0. The van der Waals surface area contributed by atoms with Crippen molar-refractivity contribution in [1.29, 1.82) is 0 Å². The third-order valence-corrected chi connectivity index (χ3v) is 7.26. The molecule has 1 aliphatic heterocycles. The zero-order chi connectivity index (χ0) is 21.4. The van der Waals surface area contributed by atoms with Crippen molar-refractivity contribution in [3.05, 3.63) is 51.6 Å². The van der Waals surface area contributed by atoms with Gasteiger partial charge in [0, 0.05) is 28.9 Å². The number of nitrogens with one attached hydrogen (secondary N) is 1. The highest BCUT2D eigenvalue weighted by Crippen LogP contribution is 2.42. The number of nitrogens with zero attached hydrogens (tertiary/aromatic N) is 3. The number of aromatic nitrogens is 2. The second kappa shape index (κ2) is 8.40. The lowest BCUT2D eigenvalue weighted by molar-refractivity contribution is 0.329. The zero-order valence-corrected chi connectivity index (χ0v) is 18.6. The molecule has 1 aliphatic carbocycles. The van der Waals surface area contributed by atoms with Crippen molar-refractivity contribution in [3.63, 3.8) is 0 Å². The monoisotopic (exact) mass is 433 g/mol. The SMILES string of the molecule is C=C(CCC)C1CCc2c(sc3ncnc(Nc4cc5c(cc4OCCN)=NC=5)c23)C1. The van der Waals surface area contributed by atoms with Gasteiger partial charge in [0.1, 0.15) is 29.3 Å². The van der Waals surface area contributed by atoms with Gasteiger partial charge in [-0.2, -0.15) is 0 Å². The molecule has 0 amide bonds. The van der Waals surface area contributed by atoms with E-state index in [1.54, 1.807) is 17.7 Å². The van der Waals surface area contributed by atoms with Crippen LogP contribution < -0.4 is 26.4 Å². The lowest BCUT2D eigenvalue weighted by Crippen LogP contribution is -2.31. The summed E-state index contributed by atoms with van der Waals surface area (Å²) in [5.41, 5.74) is 9.30. The first-order valence-electron chi connectivity index (χ1n) is 10.9. The predicted octanol–water partition coefficient (Wildman–Crippen LogP) is 3.60. The lowest BCUT2D eigenvalue weighted by Gasteiger charge is -2.24. The Bertz CT molecular complexity index is 1280. The molecule has 7 heteroatoms. The zero-order valence-electron chi connectivity index (χ0n) is 17.8. The molecular weight excluding hydrogens is 406 g/mol. The predicted molar refractivity (Wildman–Crippen MR) is 126 cm³/mol. The smallest absolute Gasteiger partial charge is 0.145 e. The number of allylic oxidation sites excluding steroid dienone is 1. The summed E-state index contributed by atoms with van der Waals surface area (Å²) < 4.78 is 5.89. The molecule has 2 aromatic heterocycles. The van der Waals surface area contributed by atoms with E-state index in [4.69, 9.17) is 10.5 Å². The molecule has 1 unspecified atom stereocenters. The molecule has 0 saturated heterocycles. The molecule has 0 saturated carbocycles. The Morgan fingerprint density at radius 1 is 1.35 bits per heavy atom. The molecule has 1 atom stereocenters. The molecule has 3 N–H and O–H groups in total. The van der Waals surface area contributed by atoms with Crippen molar-refractivity contribution < 1.29 is 4.74 Å². The minimum Gasteiger partial charge on any atom is -0.490 e. The average Bonchev–Trinajstić information content (AvgIpc) is 3.14. The highest BCUT2D eigenvalue weighted by molar-refractivity contribution is 7.19. The Morgan fingerprint density at radius 2 is 2.26 bits per heavy atom. The van der Waals surface area contributed by atoms with E-state index in [0.29, 0.717) is 19.1 Å². The number of anilines is 2. The summed E-state index contributed by atoms with van der Waals surface area (Å²) in [7, 11) is 0. The van der Waals surface area contributed by atoms with Crippen LogP contribution in [0.3, 0.4) is 0 Å². The van der Waals surface area contributed by atoms with Crippen LogP contribution in [0.1, 0.15) is 36.6 Å². The molecule has 0 bridgehead atoms. The van der Waals surface area contributed by atoms with Crippen LogP contribution in [-0.4, -0.2) is 23.1 Å². The first kappa shape index (κ1) is 20.2. The molecule has 3 heterocycles. The van der Waals surface area contributed by atoms with Crippen LogP contribution in [0.5, 0.6) is 5.75 Å². The fourth-order valence-electron chi connectivity index (χ4n) is 4.47. The van der Waals surface area contributed by atoms with Gasteiger partial charge in [-0.1, -0.05) is 25.5 Å². The van der Waals surface area contributed by atoms with Crippen LogP contribution in [-0.2, 0) is 12.8 Å². The maximum atomic E-state index is 5.89. The molecule has 31 heavy (non-hydrogen) atoms. The maximum Gasteiger partial charge on any atom is 0.145 e. The van der Waals surface area contributed by atoms with E-state index >= 15 is 0 Å². The summed E-state index contributed by atoms with van der Waals surface area (Å²) in [5.74, 6) is 2.16. The number of nitrogens with two attached hydrogens (primary N) is 1. The molecule has 5 rings (SSSR count). The largest absolute Gasteiger partial charge is 0.490 e. The number of rotatable bonds is 8. The van der Waals surface area contributed by atoms with E-state index in [0.717, 1.165) is 70.2 Å². The summed E-state index contributed by atoms with van der Waals surface area (Å²) in [6.45, 7) is 7.49. The van der Waals surface area contributed by atoms with Gasteiger partial charge in [0.15, 0.2) is 0 Å². The van der Waals surface area contributed by atoms with Gasteiger partial charge < -0.3 is 15.8 Å². The molecule has 1 aromatic carbocycles. The Morgan fingerprint density at radius 3 is 3.03 bits per heavy atom. The van der Waals surface area contributed by atoms with Gasteiger partial charge in [0.25, 0.3) is 0 Å². The Hall–Kier alpha value is -2.77. The van der Waals surface area contributed by atoms with Crippen LogP contribution in [0, 0.1) is 5.92 Å². The number of thiophene rings is 1. The van der Waals surface area contributed by atoms with Crippen molar-refractivity contribution in [1.82, 2.24) is 9.97 Å². The van der Waals surface area contributed by atoms with Crippen LogP contribution in [0.4, 0.5) is 11.5 Å². The lowest BCUT2D eigenvalue weighted by atomic mass is 9.82. The number of fused-ring (bicyclic) bond motifs is 4. The van der Waals surface area contributed by atoms with E-state index < -0.39 is 0 Å². The number of hydrogen-bond acceptors (Lipinski definition) is 7. The summed E-state index contributed by atoms with van der Waals surface area (Å²) in [6.07, 6.45) is 9.03. The fraction of sp³-hybridized carbons (Fsp3) is 0.375. The molecular formula is C24H27N5OS. The summed E-state index contributed by atoms with van der Waals surface area (Å²) in [6, 6.07) is 4.02. The van der Waals surface area contributed by atoms with E-state index in [1.807, 2.05) is 12.3 Å². The first-order valence-corrected chi connectivity index (χ1v) is 11.7. The standard InChI is InChI=1S/C24H27N5OS/c1-3-4-14(2)15-5-6-17-21(10-15)31-24-22(17)23(27-13-28-24)29-19-9-16-12-26-18(16)11-20(19)30-8-7-25/h9,11-13,15H,2-8,10,25H2,1H3,(H,27,28,29). The third kappa shape index (κ3) is 3.72. The van der Waals surface area contributed by atoms with Gasteiger partial charge in [-0.05, 0) is 43.2 Å². The Kier molecular flexibility index (Phi) is 5.46. The minimum atomic E-state index is 0.452. The van der Waals surface area contributed by atoms with Gasteiger partial charge in [-0.3, -0.25) is 4.99 Å². The normalized spacial score (nSPS) is 16.5. The first-order chi connectivity index (χ1) is 15.2. The molecule has 0 fully saturated rings. The molecule has 160 valence electrons. The molecule has 0 spiro atoms. The van der Waals surface area contributed by atoms with Gasteiger partial charge in [0.05, 0.1) is 16.4 Å². The minimum absolute atomic E-state index is 0.452. The van der Waals surface area contributed by atoms with Crippen molar-refractivity contribution in [3.8, 4) is 5.75 Å². The number of hydrogen-bond donors (Lipinski definition) is 2. The quantitative estimate of drug-likeness (QED) is 0.530. The van der Waals surface area contributed by atoms with Crippen molar-refractivity contribution in [2.75, 3.05) is 18.5 Å². The summed E-state index contributed by atoms with van der Waals surface area (Å²) in [5, 5.41) is 6.71. The van der Waals surface area contributed by atoms with E-state index in [1.165, 1.54) is 16.0 Å². The second-order valence-corrected chi connectivity index (χ2v) is 9.27. The van der Waals surface area contributed by atoms with Crippen LogP contribution >= 0.6 is 11.3 Å². The van der Waals surface area contributed by atoms with Crippen molar-refractivity contribution in [2.45, 2.75) is 39.0 Å². The fourth-order valence-corrected chi connectivity index (χ4v) is 5.73. The molecule has 2 aliphatic rings. The molecule has 0 radical (unpaired) electrons. The Balaban J connectivity index is 1.50. The average molecular weight is 434 g/mol. The van der Waals surface area contributed by atoms with E-state index in [-0.39, 0.29) is 0 Å². The van der Waals surface area contributed by atoms with Crippen molar-refractivity contribution in [2.24, 2.45) is 16.6 Å². The van der Waals surface area contributed by atoms with Gasteiger partial charge in [-0.15, -0.1) is 11.3 Å². The van der Waals surface area contributed by atoms with Crippen LogP contribution in [0.2, 0.25) is 0 Å². The number of benzene rings is 1. The number of aryl methyl sites for hydroxylation is 1. The van der Waals surface area contributed by atoms with Gasteiger partial charge in [0.2, 0.25) is 0 Å². The topological polar surface area (TPSA) is 85.4 Å².